The summed E-state index contributed by atoms with van der Waals surface area (Å²) in [4.78, 5) is 2.45. The van der Waals surface area contributed by atoms with Crippen LogP contribution in [0.25, 0.3) is 0 Å². The molecule has 1 fully saturated rings. The minimum absolute atomic E-state index is 0.136. The quantitative estimate of drug-likeness (QED) is 0.605. The molecule has 1 atom stereocenters. The summed E-state index contributed by atoms with van der Waals surface area (Å²) >= 11 is 0. The van der Waals surface area contributed by atoms with Gasteiger partial charge in [0.25, 0.3) is 0 Å². The van der Waals surface area contributed by atoms with E-state index in [1.54, 1.807) is 14.2 Å². The van der Waals surface area contributed by atoms with E-state index in [0.717, 1.165) is 19.1 Å². The molecule has 4 heteroatoms. The summed E-state index contributed by atoms with van der Waals surface area (Å²) in [6, 6.07) is 1.40. The van der Waals surface area contributed by atoms with Gasteiger partial charge in [-0.2, -0.15) is 0 Å². The Labute approximate surface area is 92.9 Å². The molecule has 1 N–H and O–H groups in total. The van der Waals surface area contributed by atoms with E-state index in [1.165, 1.54) is 12.8 Å². The summed E-state index contributed by atoms with van der Waals surface area (Å²) in [6.07, 6.45) is 2.59. The number of nitrogens with one attached hydrogen (secondary N) is 1. The molecule has 0 spiro atoms. The van der Waals surface area contributed by atoms with Crippen molar-refractivity contribution in [1.82, 2.24) is 10.2 Å². The predicted molar refractivity (Wildman–Crippen MR) is 60.9 cm³/mol. The minimum Gasteiger partial charge on any atom is -0.355 e. The van der Waals surface area contributed by atoms with Crippen molar-refractivity contribution in [2.45, 2.75) is 38.1 Å². The summed E-state index contributed by atoms with van der Waals surface area (Å²) in [5.41, 5.74) is 0. The molecule has 0 aromatic carbocycles. The number of hydrogen-bond donors (Lipinski definition) is 1. The third kappa shape index (κ3) is 4.47. The molecule has 90 valence electrons. The van der Waals surface area contributed by atoms with Gasteiger partial charge in [0.05, 0.1) is 0 Å². The lowest BCUT2D eigenvalue weighted by Crippen LogP contribution is -2.41. The number of rotatable bonds is 8. The van der Waals surface area contributed by atoms with Crippen molar-refractivity contribution in [2.24, 2.45) is 0 Å². The highest BCUT2D eigenvalue weighted by molar-refractivity contribution is 4.85. The summed E-state index contributed by atoms with van der Waals surface area (Å²) in [5, 5.41) is 3.36. The lowest BCUT2D eigenvalue weighted by Gasteiger charge is -2.25. The van der Waals surface area contributed by atoms with Gasteiger partial charge >= 0.3 is 0 Å². The van der Waals surface area contributed by atoms with Gasteiger partial charge in [-0.15, -0.1) is 0 Å². The number of hydrogen-bond acceptors (Lipinski definition) is 4. The Morgan fingerprint density at radius 1 is 1.27 bits per heavy atom. The molecule has 1 unspecified atom stereocenters. The SMILES string of the molecule is COC(CNCC(C)N(C)C1CC1)OC. The molecular formula is C11H24N2O2. The molecule has 4 nitrogen and oxygen atoms in total. The van der Waals surface area contributed by atoms with Crippen molar-refractivity contribution in [3.05, 3.63) is 0 Å². The first kappa shape index (κ1) is 12.9. The van der Waals surface area contributed by atoms with E-state index in [-0.39, 0.29) is 6.29 Å². The fourth-order valence-corrected chi connectivity index (χ4v) is 1.66. The molecule has 1 aliphatic carbocycles. The summed E-state index contributed by atoms with van der Waals surface area (Å²) < 4.78 is 10.2. The summed E-state index contributed by atoms with van der Waals surface area (Å²) in [6.45, 7) is 3.98. The number of ether oxygens (including phenoxy) is 2. The van der Waals surface area contributed by atoms with Crippen molar-refractivity contribution in [2.75, 3.05) is 34.4 Å². The van der Waals surface area contributed by atoms with Gasteiger partial charge in [-0.1, -0.05) is 0 Å². The predicted octanol–water partition coefficient (Wildman–Crippen LogP) is 0.678. The third-order valence-electron chi connectivity index (χ3n) is 3.09. The van der Waals surface area contributed by atoms with Crippen LogP contribution in [0.4, 0.5) is 0 Å². The van der Waals surface area contributed by atoms with Crippen molar-refractivity contribution in [3.63, 3.8) is 0 Å². The number of likely N-dealkylation sites (N-methyl/N-ethyl adjacent to an activating group) is 1. The van der Waals surface area contributed by atoms with Gasteiger partial charge in [-0.3, -0.25) is 4.90 Å². The average Bonchev–Trinajstić information content (AvgIpc) is 3.06. The van der Waals surface area contributed by atoms with Crippen LogP contribution in [-0.4, -0.2) is 57.6 Å². The zero-order chi connectivity index (χ0) is 11.3. The Morgan fingerprint density at radius 2 is 1.87 bits per heavy atom. The van der Waals surface area contributed by atoms with E-state index in [4.69, 9.17) is 9.47 Å². The van der Waals surface area contributed by atoms with Gasteiger partial charge in [-0.05, 0) is 26.8 Å². The average molecular weight is 216 g/mol. The lowest BCUT2D eigenvalue weighted by atomic mass is 10.3. The van der Waals surface area contributed by atoms with E-state index in [1.807, 2.05) is 0 Å². The van der Waals surface area contributed by atoms with E-state index < -0.39 is 0 Å². The van der Waals surface area contributed by atoms with Crippen LogP contribution in [0.1, 0.15) is 19.8 Å². The zero-order valence-corrected chi connectivity index (χ0v) is 10.3. The topological polar surface area (TPSA) is 33.7 Å². The van der Waals surface area contributed by atoms with Crippen molar-refractivity contribution in [3.8, 4) is 0 Å². The molecule has 15 heavy (non-hydrogen) atoms. The van der Waals surface area contributed by atoms with Crippen molar-refractivity contribution >= 4 is 0 Å². The standard InChI is InChI=1S/C11H24N2O2/c1-9(13(2)10-5-6-10)7-12-8-11(14-3)15-4/h9-12H,5-8H2,1-4H3. The first-order valence-corrected chi connectivity index (χ1v) is 5.67. The zero-order valence-electron chi connectivity index (χ0n) is 10.3. The lowest BCUT2D eigenvalue weighted by molar-refractivity contribution is -0.0990. The van der Waals surface area contributed by atoms with Gasteiger partial charge in [0.15, 0.2) is 6.29 Å². The monoisotopic (exact) mass is 216 g/mol. The molecule has 0 bridgehead atoms. The smallest absolute Gasteiger partial charge is 0.169 e. The Bertz CT molecular complexity index is 170. The molecule has 0 heterocycles. The normalized spacial score (nSPS) is 18.8. The van der Waals surface area contributed by atoms with Gasteiger partial charge in [0, 0.05) is 39.4 Å². The molecule has 1 rings (SSSR count). The van der Waals surface area contributed by atoms with Crippen LogP contribution in [0.3, 0.4) is 0 Å². The maximum absolute atomic E-state index is 5.10. The second kappa shape index (κ2) is 6.43. The van der Waals surface area contributed by atoms with Gasteiger partial charge < -0.3 is 14.8 Å². The van der Waals surface area contributed by atoms with Crippen LogP contribution in [0.5, 0.6) is 0 Å². The van der Waals surface area contributed by atoms with E-state index >= 15 is 0 Å². The van der Waals surface area contributed by atoms with Crippen LogP contribution in [0, 0.1) is 0 Å². The van der Waals surface area contributed by atoms with Crippen LogP contribution in [0.2, 0.25) is 0 Å². The van der Waals surface area contributed by atoms with Crippen LogP contribution in [0.15, 0.2) is 0 Å². The maximum atomic E-state index is 5.10. The Kier molecular flexibility index (Phi) is 5.53. The largest absolute Gasteiger partial charge is 0.355 e. The van der Waals surface area contributed by atoms with E-state index in [0.29, 0.717) is 6.04 Å². The molecule has 0 aromatic rings. The van der Waals surface area contributed by atoms with Gasteiger partial charge in [-0.25, -0.2) is 0 Å². The Morgan fingerprint density at radius 3 is 2.33 bits per heavy atom. The number of nitrogens with zero attached hydrogens (tertiary/aromatic N) is 1. The molecule has 0 radical (unpaired) electrons. The highest BCUT2D eigenvalue weighted by Gasteiger charge is 2.28. The van der Waals surface area contributed by atoms with E-state index in [9.17, 15) is 0 Å². The molecular weight excluding hydrogens is 192 g/mol. The highest BCUT2D eigenvalue weighted by atomic mass is 16.7. The number of methoxy groups -OCH3 is 2. The molecule has 0 aliphatic heterocycles. The van der Waals surface area contributed by atoms with Crippen molar-refractivity contribution in [1.29, 1.82) is 0 Å². The molecule has 1 saturated carbocycles. The van der Waals surface area contributed by atoms with Crippen LogP contribution < -0.4 is 5.32 Å². The fourth-order valence-electron chi connectivity index (χ4n) is 1.66. The minimum atomic E-state index is -0.136. The van der Waals surface area contributed by atoms with Crippen molar-refractivity contribution < 1.29 is 9.47 Å². The fraction of sp³-hybridized carbons (Fsp3) is 1.00. The Hall–Kier alpha value is -0.160. The summed E-state index contributed by atoms with van der Waals surface area (Å²) in [7, 11) is 5.53. The first-order chi connectivity index (χ1) is 7.19. The molecule has 0 saturated heterocycles. The van der Waals surface area contributed by atoms with Crippen LogP contribution in [-0.2, 0) is 9.47 Å². The van der Waals surface area contributed by atoms with E-state index in [2.05, 4.69) is 24.2 Å². The van der Waals surface area contributed by atoms with Gasteiger partial charge in [0.1, 0.15) is 0 Å². The molecule has 1 aliphatic rings. The summed E-state index contributed by atoms with van der Waals surface area (Å²) in [5.74, 6) is 0. The first-order valence-electron chi connectivity index (χ1n) is 5.67. The Balaban J connectivity index is 2.07. The van der Waals surface area contributed by atoms with Crippen LogP contribution >= 0.6 is 0 Å². The third-order valence-corrected chi connectivity index (χ3v) is 3.09. The second-order valence-electron chi connectivity index (χ2n) is 4.30. The maximum Gasteiger partial charge on any atom is 0.169 e. The molecule has 0 aromatic heterocycles. The van der Waals surface area contributed by atoms with Gasteiger partial charge in [0.2, 0.25) is 0 Å². The highest BCUT2D eigenvalue weighted by Crippen LogP contribution is 2.26. The second-order valence-corrected chi connectivity index (χ2v) is 4.30. The molecule has 0 amide bonds.